The molecule has 0 amide bonds. The number of aryl methyl sites for hydroxylation is 1. The molecular formula is C35H47FN2O3. The van der Waals surface area contributed by atoms with E-state index in [9.17, 15) is 9.18 Å². The van der Waals surface area contributed by atoms with Gasteiger partial charge in [-0.25, -0.2) is 19.2 Å². The highest BCUT2D eigenvalue weighted by Gasteiger charge is 2.15. The molecule has 1 aromatic heterocycles. The molecule has 0 aliphatic carbocycles. The van der Waals surface area contributed by atoms with Gasteiger partial charge >= 0.3 is 5.97 Å². The maximum Gasteiger partial charge on any atom is 0.346 e. The Morgan fingerprint density at radius 3 is 1.88 bits per heavy atom. The smallest absolute Gasteiger partial charge is 0.346 e. The summed E-state index contributed by atoms with van der Waals surface area (Å²) in [6, 6.07) is 11.2. The Hall–Kier alpha value is -3.28. The molecule has 0 aliphatic rings. The van der Waals surface area contributed by atoms with Gasteiger partial charge in [0.15, 0.2) is 5.82 Å². The molecule has 5 nitrogen and oxygen atoms in total. The molecule has 2 aromatic carbocycles. The van der Waals surface area contributed by atoms with Crippen LogP contribution in [0, 0.1) is 5.82 Å². The number of unbranched alkanes of at least 4 members (excludes halogenated alkanes) is 12. The van der Waals surface area contributed by atoms with Crippen molar-refractivity contribution < 1.29 is 18.7 Å². The van der Waals surface area contributed by atoms with Gasteiger partial charge in [0.2, 0.25) is 0 Å². The van der Waals surface area contributed by atoms with Crippen LogP contribution in [0.25, 0.3) is 11.4 Å². The first-order valence-corrected chi connectivity index (χ1v) is 15.7. The fourth-order valence-corrected chi connectivity index (χ4v) is 4.75. The Labute approximate surface area is 245 Å². The lowest BCUT2D eigenvalue weighted by molar-refractivity contribution is 0.0730. The van der Waals surface area contributed by atoms with Crippen LogP contribution < -0.4 is 9.47 Å². The molecule has 0 radical (unpaired) electrons. The van der Waals surface area contributed by atoms with Gasteiger partial charge in [-0.15, -0.1) is 0 Å². The van der Waals surface area contributed by atoms with Crippen molar-refractivity contribution in [2.45, 2.75) is 110 Å². The number of hydrogen-bond donors (Lipinski definition) is 0. The van der Waals surface area contributed by atoms with Gasteiger partial charge in [-0.3, -0.25) is 0 Å². The fraction of sp³-hybridized carbons (Fsp3) is 0.514. The van der Waals surface area contributed by atoms with E-state index in [1.165, 1.54) is 82.8 Å². The molecule has 3 aromatic rings. The van der Waals surface area contributed by atoms with Crippen molar-refractivity contribution in [2.75, 3.05) is 6.61 Å². The molecule has 222 valence electrons. The van der Waals surface area contributed by atoms with Gasteiger partial charge in [0.1, 0.15) is 17.3 Å². The van der Waals surface area contributed by atoms with Crippen LogP contribution in [-0.2, 0) is 6.42 Å². The number of ether oxygens (including phenoxy) is 2. The molecular weight excluding hydrogens is 515 g/mol. The molecule has 0 saturated heterocycles. The summed E-state index contributed by atoms with van der Waals surface area (Å²) in [4.78, 5) is 21.6. The highest BCUT2D eigenvalue weighted by Crippen LogP contribution is 2.23. The molecule has 0 aliphatic heterocycles. The molecule has 41 heavy (non-hydrogen) atoms. The van der Waals surface area contributed by atoms with Gasteiger partial charge in [0, 0.05) is 24.0 Å². The first-order valence-electron chi connectivity index (χ1n) is 15.7. The van der Waals surface area contributed by atoms with E-state index < -0.39 is 11.8 Å². The standard InChI is InChI=1S/C35H47FN2O3/c1-3-5-7-9-11-13-15-17-28-26-37-34(38-27-28)29-18-20-30(21-19-29)41-35(39)32-23-22-31(25-33(32)36)40-24-16-14-12-10-8-6-4-2/h18-23,25-27H,3-17,24H2,1-2H3. The van der Waals surface area contributed by atoms with Crippen LogP contribution in [-0.4, -0.2) is 22.5 Å². The van der Waals surface area contributed by atoms with Gasteiger partial charge < -0.3 is 9.47 Å². The fourth-order valence-electron chi connectivity index (χ4n) is 4.75. The summed E-state index contributed by atoms with van der Waals surface area (Å²) in [6.07, 6.45) is 22.0. The molecule has 0 N–H and O–H groups in total. The Kier molecular flexibility index (Phi) is 14.9. The van der Waals surface area contributed by atoms with E-state index in [2.05, 4.69) is 23.8 Å². The summed E-state index contributed by atoms with van der Waals surface area (Å²) >= 11 is 0. The van der Waals surface area contributed by atoms with Crippen LogP contribution in [0.2, 0.25) is 0 Å². The summed E-state index contributed by atoms with van der Waals surface area (Å²) in [5.41, 5.74) is 1.84. The maximum atomic E-state index is 14.6. The lowest BCUT2D eigenvalue weighted by atomic mass is 10.1. The summed E-state index contributed by atoms with van der Waals surface area (Å²) in [5, 5.41) is 0. The van der Waals surface area contributed by atoms with E-state index in [4.69, 9.17) is 9.47 Å². The van der Waals surface area contributed by atoms with Gasteiger partial charge in [-0.1, -0.05) is 90.9 Å². The molecule has 0 saturated carbocycles. The minimum absolute atomic E-state index is 0.128. The van der Waals surface area contributed by atoms with Crippen LogP contribution in [0.1, 0.15) is 120 Å². The van der Waals surface area contributed by atoms with Crippen LogP contribution in [0.15, 0.2) is 54.9 Å². The van der Waals surface area contributed by atoms with Crippen LogP contribution in [0.4, 0.5) is 4.39 Å². The van der Waals surface area contributed by atoms with E-state index in [1.807, 2.05) is 12.4 Å². The normalized spacial score (nSPS) is 11.0. The third-order valence-electron chi connectivity index (χ3n) is 7.27. The van der Waals surface area contributed by atoms with Crippen molar-refractivity contribution in [3.63, 3.8) is 0 Å². The number of carbonyl (C=O) groups excluding carboxylic acids is 1. The number of benzene rings is 2. The highest BCUT2D eigenvalue weighted by molar-refractivity contribution is 5.91. The average molecular weight is 563 g/mol. The van der Waals surface area contributed by atoms with E-state index in [0.717, 1.165) is 36.8 Å². The zero-order chi connectivity index (χ0) is 29.1. The second kappa shape index (κ2) is 19.0. The Bertz CT molecular complexity index is 1150. The molecule has 0 bridgehead atoms. The number of hydrogen-bond acceptors (Lipinski definition) is 5. The topological polar surface area (TPSA) is 61.3 Å². The maximum absolute atomic E-state index is 14.6. The molecule has 0 fully saturated rings. The van der Waals surface area contributed by atoms with Gasteiger partial charge in [-0.05, 0) is 61.2 Å². The van der Waals surface area contributed by atoms with E-state index in [1.54, 1.807) is 30.3 Å². The van der Waals surface area contributed by atoms with Gasteiger partial charge in [0.25, 0.3) is 0 Å². The monoisotopic (exact) mass is 562 g/mol. The SMILES string of the molecule is CCCCCCCCCOc1ccc(C(=O)Oc2ccc(-c3ncc(CCCCCCCCC)cn3)cc2)c(F)c1. The molecule has 3 rings (SSSR count). The van der Waals surface area contributed by atoms with Crippen molar-refractivity contribution in [3.8, 4) is 22.9 Å². The highest BCUT2D eigenvalue weighted by atomic mass is 19.1. The number of carbonyl (C=O) groups is 1. The van der Waals surface area contributed by atoms with Crippen molar-refractivity contribution in [1.29, 1.82) is 0 Å². The zero-order valence-electron chi connectivity index (χ0n) is 25.0. The Morgan fingerprint density at radius 2 is 1.27 bits per heavy atom. The number of aromatic nitrogens is 2. The summed E-state index contributed by atoms with van der Waals surface area (Å²) in [7, 11) is 0. The number of halogens is 1. The molecule has 0 unspecified atom stereocenters. The molecule has 0 spiro atoms. The van der Waals surface area contributed by atoms with Crippen LogP contribution in [0.5, 0.6) is 11.5 Å². The van der Waals surface area contributed by atoms with E-state index >= 15 is 0 Å². The van der Waals surface area contributed by atoms with Crippen molar-refractivity contribution in [1.82, 2.24) is 9.97 Å². The minimum atomic E-state index is -0.750. The van der Waals surface area contributed by atoms with Crippen molar-refractivity contribution in [3.05, 3.63) is 71.8 Å². The third kappa shape index (κ3) is 12.0. The van der Waals surface area contributed by atoms with E-state index in [0.29, 0.717) is 23.9 Å². The third-order valence-corrected chi connectivity index (χ3v) is 7.27. The molecule has 0 atom stereocenters. The number of rotatable bonds is 20. The van der Waals surface area contributed by atoms with Crippen LogP contribution >= 0.6 is 0 Å². The van der Waals surface area contributed by atoms with Crippen molar-refractivity contribution >= 4 is 5.97 Å². The summed E-state index contributed by atoms with van der Waals surface area (Å²) in [5.74, 6) is -0.0476. The van der Waals surface area contributed by atoms with E-state index in [-0.39, 0.29) is 5.56 Å². The average Bonchev–Trinajstić information content (AvgIpc) is 2.99. The zero-order valence-corrected chi connectivity index (χ0v) is 25.0. The Balaban J connectivity index is 1.41. The second-order valence-corrected chi connectivity index (χ2v) is 10.8. The van der Waals surface area contributed by atoms with Crippen LogP contribution in [0.3, 0.4) is 0 Å². The largest absolute Gasteiger partial charge is 0.493 e. The first kappa shape index (κ1) is 32.2. The lowest BCUT2D eigenvalue weighted by Crippen LogP contribution is -2.11. The second-order valence-electron chi connectivity index (χ2n) is 10.8. The minimum Gasteiger partial charge on any atom is -0.493 e. The van der Waals surface area contributed by atoms with Gasteiger partial charge in [0.05, 0.1) is 12.2 Å². The number of esters is 1. The van der Waals surface area contributed by atoms with Crippen molar-refractivity contribution in [2.24, 2.45) is 0 Å². The quantitative estimate of drug-likeness (QED) is 0.0779. The van der Waals surface area contributed by atoms with Gasteiger partial charge in [-0.2, -0.15) is 0 Å². The first-order chi connectivity index (χ1) is 20.1. The predicted octanol–water partition coefficient (Wildman–Crippen LogP) is 9.92. The molecule has 6 heteroatoms. The lowest BCUT2D eigenvalue weighted by Gasteiger charge is -2.09. The predicted molar refractivity (Wildman–Crippen MR) is 164 cm³/mol. The summed E-state index contributed by atoms with van der Waals surface area (Å²) in [6.45, 7) is 4.99. The number of nitrogens with zero attached hydrogens (tertiary/aromatic N) is 2. The molecule has 1 heterocycles. The Morgan fingerprint density at radius 1 is 0.707 bits per heavy atom. The summed E-state index contributed by atoms with van der Waals surface area (Å²) < 4.78 is 25.7.